The number of hydrogen-bond donors (Lipinski definition) is 1. The first-order valence-corrected chi connectivity index (χ1v) is 8.66. The van der Waals surface area contributed by atoms with Crippen molar-refractivity contribution >= 4 is 11.7 Å². The van der Waals surface area contributed by atoms with Gasteiger partial charge in [0, 0.05) is 37.9 Å². The van der Waals surface area contributed by atoms with E-state index in [2.05, 4.69) is 20.4 Å². The summed E-state index contributed by atoms with van der Waals surface area (Å²) in [5, 5.41) is 11.2. The van der Waals surface area contributed by atoms with Gasteiger partial charge in [0.25, 0.3) is 0 Å². The van der Waals surface area contributed by atoms with Gasteiger partial charge in [-0.3, -0.25) is 4.79 Å². The largest absolute Gasteiger partial charge is 0.353 e. The number of aryl methyl sites for hydroxylation is 1. The highest BCUT2D eigenvalue weighted by molar-refractivity contribution is 5.79. The molecule has 1 aliphatic carbocycles. The van der Waals surface area contributed by atoms with Crippen molar-refractivity contribution in [2.75, 3.05) is 18.0 Å². The van der Waals surface area contributed by atoms with Gasteiger partial charge in [-0.25, -0.2) is 8.78 Å². The first-order chi connectivity index (χ1) is 11.4. The molecule has 1 saturated carbocycles. The highest BCUT2D eigenvalue weighted by Crippen LogP contribution is 2.36. The summed E-state index contributed by atoms with van der Waals surface area (Å²) in [6.07, 6.45) is 2.35. The number of rotatable bonds is 3. The van der Waals surface area contributed by atoms with Crippen LogP contribution in [0.5, 0.6) is 0 Å². The molecule has 132 valence electrons. The summed E-state index contributed by atoms with van der Waals surface area (Å²) in [4.78, 5) is 14.4. The van der Waals surface area contributed by atoms with Crippen LogP contribution in [-0.2, 0) is 4.79 Å². The van der Waals surface area contributed by atoms with E-state index in [1.165, 1.54) is 0 Å². The third-order valence-corrected chi connectivity index (χ3v) is 4.89. The average Bonchev–Trinajstić information content (AvgIpc) is 2.55. The Morgan fingerprint density at radius 2 is 2.12 bits per heavy atom. The van der Waals surface area contributed by atoms with E-state index in [0.29, 0.717) is 19.4 Å². The Morgan fingerprint density at radius 1 is 1.29 bits per heavy atom. The van der Waals surface area contributed by atoms with Gasteiger partial charge in [-0.2, -0.15) is 5.10 Å². The lowest BCUT2D eigenvalue weighted by Crippen LogP contribution is -2.50. The van der Waals surface area contributed by atoms with E-state index in [-0.39, 0.29) is 24.8 Å². The van der Waals surface area contributed by atoms with Gasteiger partial charge in [-0.05, 0) is 44.7 Å². The Kier molecular flexibility index (Phi) is 4.96. The van der Waals surface area contributed by atoms with Gasteiger partial charge in [-0.1, -0.05) is 0 Å². The van der Waals surface area contributed by atoms with Crippen LogP contribution in [0.3, 0.4) is 0 Å². The molecule has 0 bridgehead atoms. The lowest BCUT2D eigenvalue weighted by Gasteiger charge is -2.35. The molecular formula is C17H24F2N4O. The van der Waals surface area contributed by atoms with E-state index in [9.17, 15) is 13.6 Å². The Labute approximate surface area is 140 Å². The van der Waals surface area contributed by atoms with Crippen LogP contribution in [0.25, 0.3) is 0 Å². The monoisotopic (exact) mass is 338 g/mol. The summed E-state index contributed by atoms with van der Waals surface area (Å²) < 4.78 is 27.0. The number of nitrogens with one attached hydrogen (secondary N) is 1. The van der Waals surface area contributed by atoms with Crippen molar-refractivity contribution in [2.24, 2.45) is 5.92 Å². The molecule has 2 atom stereocenters. The van der Waals surface area contributed by atoms with Crippen molar-refractivity contribution in [3.63, 3.8) is 0 Å². The van der Waals surface area contributed by atoms with Gasteiger partial charge >= 0.3 is 0 Å². The number of halogens is 2. The van der Waals surface area contributed by atoms with E-state index in [0.717, 1.165) is 30.9 Å². The topological polar surface area (TPSA) is 58.1 Å². The van der Waals surface area contributed by atoms with Crippen LogP contribution < -0.4 is 10.2 Å². The molecule has 0 unspecified atom stereocenters. The van der Waals surface area contributed by atoms with E-state index >= 15 is 0 Å². The molecule has 1 aromatic heterocycles. The van der Waals surface area contributed by atoms with E-state index in [4.69, 9.17) is 0 Å². The predicted octanol–water partition coefficient (Wildman–Crippen LogP) is 2.70. The smallest absolute Gasteiger partial charge is 0.248 e. The standard InChI is InChI=1S/C17H24F2N4O/c1-12-6-7-15(22-21-12)23-9-3-5-14(11-23)20-16(24)13-4-2-8-17(18,19)10-13/h6-7,13-14H,2-5,8-11H2,1H3,(H,20,24)/t13-,14-/m1/s1. The van der Waals surface area contributed by atoms with Gasteiger partial charge in [-0.15, -0.1) is 5.10 Å². The first kappa shape index (κ1) is 17.0. The maximum Gasteiger partial charge on any atom is 0.248 e. The molecule has 2 fully saturated rings. The van der Waals surface area contributed by atoms with E-state index in [1.807, 2.05) is 19.1 Å². The summed E-state index contributed by atoms with van der Waals surface area (Å²) >= 11 is 0. The third kappa shape index (κ3) is 4.19. The molecule has 0 spiro atoms. The molecule has 2 aliphatic rings. The second-order valence-electron chi connectivity index (χ2n) is 6.98. The van der Waals surface area contributed by atoms with Crippen molar-refractivity contribution in [2.45, 2.75) is 57.4 Å². The minimum Gasteiger partial charge on any atom is -0.353 e. The van der Waals surface area contributed by atoms with Crippen LogP contribution in [0.4, 0.5) is 14.6 Å². The van der Waals surface area contributed by atoms with E-state index in [1.54, 1.807) is 0 Å². The second-order valence-corrected chi connectivity index (χ2v) is 6.98. The number of carbonyl (C=O) groups excluding carboxylic acids is 1. The molecular weight excluding hydrogens is 314 g/mol. The molecule has 2 heterocycles. The zero-order valence-electron chi connectivity index (χ0n) is 14.0. The fourth-order valence-corrected chi connectivity index (χ4v) is 3.58. The molecule has 0 radical (unpaired) electrons. The number of nitrogens with zero attached hydrogens (tertiary/aromatic N) is 3. The zero-order chi connectivity index (χ0) is 17.2. The van der Waals surface area contributed by atoms with E-state index < -0.39 is 11.8 Å². The minimum absolute atomic E-state index is 0.0232. The zero-order valence-corrected chi connectivity index (χ0v) is 14.0. The molecule has 1 amide bonds. The Morgan fingerprint density at radius 3 is 2.83 bits per heavy atom. The van der Waals surface area contributed by atoms with Crippen LogP contribution in [0.2, 0.25) is 0 Å². The van der Waals surface area contributed by atoms with Crippen LogP contribution in [0.1, 0.15) is 44.2 Å². The van der Waals surface area contributed by atoms with Crippen LogP contribution in [0.15, 0.2) is 12.1 Å². The minimum atomic E-state index is -2.70. The van der Waals surface area contributed by atoms with Crippen LogP contribution >= 0.6 is 0 Å². The number of hydrogen-bond acceptors (Lipinski definition) is 4. The number of amides is 1. The molecule has 1 aromatic rings. The normalized spacial score (nSPS) is 26.9. The van der Waals surface area contributed by atoms with Gasteiger partial charge in [0.2, 0.25) is 11.8 Å². The lowest BCUT2D eigenvalue weighted by molar-refractivity contribution is -0.133. The average molecular weight is 338 g/mol. The SMILES string of the molecule is Cc1ccc(N2CCC[C@@H](NC(=O)[C@@H]3CCCC(F)(F)C3)C2)nn1. The van der Waals surface area contributed by atoms with Crippen LogP contribution in [-0.4, -0.2) is 41.2 Å². The predicted molar refractivity (Wildman–Crippen MR) is 87.1 cm³/mol. The summed E-state index contributed by atoms with van der Waals surface area (Å²) in [6.45, 7) is 3.40. The van der Waals surface area contributed by atoms with Gasteiger partial charge in [0.1, 0.15) is 0 Å². The summed E-state index contributed by atoms with van der Waals surface area (Å²) in [7, 11) is 0. The first-order valence-electron chi connectivity index (χ1n) is 8.66. The number of anilines is 1. The van der Waals surface area contributed by atoms with Crippen LogP contribution in [0, 0.1) is 12.8 Å². The Bertz CT molecular complexity index is 578. The number of alkyl halides is 2. The van der Waals surface area contributed by atoms with Crippen molar-refractivity contribution in [1.29, 1.82) is 0 Å². The number of aromatic nitrogens is 2. The highest BCUT2D eigenvalue weighted by Gasteiger charge is 2.39. The quantitative estimate of drug-likeness (QED) is 0.921. The van der Waals surface area contributed by atoms with Crippen molar-refractivity contribution in [1.82, 2.24) is 15.5 Å². The molecule has 1 saturated heterocycles. The van der Waals surface area contributed by atoms with Gasteiger partial charge in [0.05, 0.1) is 5.69 Å². The highest BCUT2D eigenvalue weighted by atomic mass is 19.3. The summed E-state index contributed by atoms with van der Waals surface area (Å²) in [6, 6.07) is 3.81. The second kappa shape index (κ2) is 6.99. The molecule has 1 aliphatic heterocycles. The molecule has 1 N–H and O–H groups in total. The maximum absolute atomic E-state index is 13.5. The van der Waals surface area contributed by atoms with Crippen molar-refractivity contribution in [3.05, 3.63) is 17.8 Å². The van der Waals surface area contributed by atoms with Crippen molar-refractivity contribution in [3.8, 4) is 0 Å². The Hall–Kier alpha value is -1.79. The van der Waals surface area contributed by atoms with Gasteiger partial charge < -0.3 is 10.2 Å². The molecule has 0 aromatic carbocycles. The maximum atomic E-state index is 13.5. The molecule has 3 rings (SSSR count). The molecule has 5 nitrogen and oxygen atoms in total. The fraction of sp³-hybridized carbons (Fsp3) is 0.706. The third-order valence-electron chi connectivity index (χ3n) is 4.89. The fourth-order valence-electron chi connectivity index (χ4n) is 3.58. The number of carbonyl (C=O) groups is 1. The van der Waals surface area contributed by atoms with Gasteiger partial charge in [0.15, 0.2) is 5.82 Å². The molecule has 7 heteroatoms. The van der Waals surface area contributed by atoms with Crippen molar-refractivity contribution < 1.29 is 13.6 Å². The summed E-state index contributed by atoms with van der Waals surface area (Å²) in [5.74, 6) is -2.70. The molecule has 24 heavy (non-hydrogen) atoms. The Balaban J connectivity index is 1.57. The number of piperidine rings is 1. The summed E-state index contributed by atoms with van der Waals surface area (Å²) in [5.41, 5.74) is 0.860. The lowest BCUT2D eigenvalue weighted by atomic mass is 9.85.